The molecule has 0 fully saturated rings. The minimum absolute atomic E-state index is 0.1000. The number of ether oxygens (including phenoxy) is 1. The number of phenolic OH excluding ortho intramolecular Hbond substituents is 1. The number of rotatable bonds is 4. The van der Waals surface area contributed by atoms with E-state index >= 15 is 0 Å². The van der Waals surface area contributed by atoms with Gasteiger partial charge in [-0.25, -0.2) is 4.79 Å². The van der Waals surface area contributed by atoms with Gasteiger partial charge in [0.2, 0.25) is 0 Å². The van der Waals surface area contributed by atoms with Crippen LogP contribution >= 0.6 is 0 Å². The van der Waals surface area contributed by atoms with Crippen molar-refractivity contribution in [3.05, 3.63) is 29.8 Å². The second-order valence-corrected chi connectivity index (χ2v) is 3.32. The Balaban J connectivity index is 3.09. The predicted octanol–water partition coefficient (Wildman–Crippen LogP) is 1.73. The van der Waals surface area contributed by atoms with E-state index in [0.29, 0.717) is 12.2 Å². The number of hydrogen-bond donors (Lipinski definition) is 2. The summed E-state index contributed by atoms with van der Waals surface area (Å²) in [5, 5.41) is 18.2. The first-order valence-corrected chi connectivity index (χ1v) is 4.67. The van der Waals surface area contributed by atoms with Crippen molar-refractivity contribution in [2.75, 3.05) is 6.61 Å². The number of phenols is 1. The zero-order chi connectivity index (χ0) is 11.5. The smallest absolute Gasteiger partial charge is 0.340 e. The van der Waals surface area contributed by atoms with E-state index in [9.17, 15) is 4.79 Å². The average molecular weight is 210 g/mol. The van der Waals surface area contributed by atoms with Gasteiger partial charge < -0.3 is 14.9 Å². The summed E-state index contributed by atoms with van der Waals surface area (Å²) in [5.41, 5.74) is -0.850. The predicted molar refractivity (Wildman–Crippen MR) is 54.7 cm³/mol. The fourth-order valence-corrected chi connectivity index (χ4v) is 1.34. The van der Waals surface area contributed by atoms with Crippen molar-refractivity contribution in [2.45, 2.75) is 19.4 Å². The maximum atomic E-state index is 11.1. The third-order valence-electron chi connectivity index (χ3n) is 2.26. The molecule has 0 saturated carbocycles. The van der Waals surface area contributed by atoms with Gasteiger partial charge >= 0.3 is 5.97 Å². The van der Waals surface area contributed by atoms with Crippen LogP contribution in [0.15, 0.2) is 24.3 Å². The van der Waals surface area contributed by atoms with E-state index in [2.05, 4.69) is 0 Å². The van der Waals surface area contributed by atoms with E-state index in [1.54, 1.807) is 19.1 Å². The molecule has 1 aromatic rings. The molecule has 0 radical (unpaired) electrons. The molecule has 0 aliphatic rings. The lowest BCUT2D eigenvalue weighted by molar-refractivity contribution is -0.164. The van der Waals surface area contributed by atoms with E-state index in [4.69, 9.17) is 14.9 Å². The monoisotopic (exact) mass is 210 g/mol. The van der Waals surface area contributed by atoms with Gasteiger partial charge in [0.1, 0.15) is 5.75 Å². The largest absolute Gasteiger partial charge is 0.508 e. The van der Waals surface area contributed by atoms with Crippen LogP contribution in [0.5, 0.6) is 5.75 Å². The molecule has 0 bridgehead atoms. The lowest BCUT2D eigenvalue weighted by Crippen LogP contribution is -2.35. The Hall–Kier alpha value is -1.55. The van der Waals surface area contributed by atoms with E-state index in [-0.39, 0.29) is 5.75 Å². The molecule has 0 amide bonds. The van der Waals surface area contributed by atoms with Gasteiger partial charge in [0, 0.05) is 6.61 Å². The second-order valence-electron chi connectivity index (χ2n) is 3.32. The van der Waals surface area contributed by atoms with E-state index in [1.807, 2.05) is 0 Å². The van der Waals surface area contributed by atoms with E-state index in [0.717, 1.165) is 0 Å². The fraction of sp³-hybridized carbons (Fsp3) is 0.364. The third kappa shape index (κ3) is 2.27. The Morgan fingerprint density at radius 2 is 1.93 bits per heavy atom. The average Bonchev–Trinajstić information content (AvgIpc) is 2.18. The summed E-state index contributed by atoms with van der Waals surface area (Å²) in [7, 11) is 0. The SMILES string of the molecule is CCO[C@](C)(C(=O)O)c1ccc(O)cc1. The van der Waals surface area contributed by atoms with Crippen LogP contribution in [0.1, 0.15) is 19.4 Å². The number of carbonyl (C=O) groups is 1. The first-order valence-electron chi connectivity index (χ1n) is 4.67. The number of carboxylic acid groups (broad SMARTS) is 1. The summed E-state index contributed by atoms with van der Waals surface area (Å²) in [4.78, 5) is 11.1. The molecule has 4 nitrogen and oxygen atoms in total. The normalized spacial score (nSPS) is 14.5. The molecule has 0 spiro atoms. The summed E-state index contributed by atoms with van der Waals surface area (Å²) >= 11 is 0. The van der Waals surface area contributed by atoms with Crippen molar-refractivity contribution >= 4 is 5.97 Å². The van der Waals surface area contributed by atoms with Crippen LogP contribution in [0.2, 0.25) is 0 Å². The van der Waals surface area contributed by atoms with E-state index < -0.39 is 11.6 Å². The van der Waals surface area contributed by atoms with Crippen molar-refractivity contribution < 1.29 is 19.7 Å². The summed E-state index contributed by atoms with van der Waals surface area (Å²) < 4.78 is 5.24. The van der Waals surface area contributed by atoms with Crippen LogP contribution in [0.3, 0.4) is 0 Å². The van der Waals surface area contributed by atoms with Crippen molar-refractivity contribution in [3.63, 3.8) is 0 Å². The van der Waals surface area contributed by atoms with E-state index in [1.165, 1.54) is 19.1 Å². The standard InChI is InChI=1S/C11H14O4/c1-3-15-11(2,10(13)14)8-4-6-9(12)7-5-8/h4-7,12H,3H2,1-2H3,(H,13,14)/t11-/m0/s1. The number of aliphatic carboxylic acids is 1. The lowest BCUT2D eigenvalue weighted by atomic mass is 9.96. The van der Waals surface area contributed by atoms with Crippen LogP contribution in [0.4, 0.5) is 0 Å². The molecule has 0 aliphatic heterocycles. The molecular formula is C11H14O4. The molecule has 0 aliphatic carbocycles. The van der Waals surface area contributed by atoms with Crippen molar-refractivity contribution in [3.8, 4) is 5.75 Å². The molecule has 1 aromatic carbocycles. The molecule has 82 valence electrons. The van der Waals surface area contributed by atoms with Crippen LogP contribution in [0, 0.1) is 0 Å². The first-order chi connectivity index (χ1) is 7.00. The summed E-state index contributed by atoms with van der Waals surface area (Å²) in [6, 6.07) is 5.96. The van der Waals surface area contributed by atoms with Gasteiger partial charge in [0.05, 0.1) is 0 Å². The van der Waals surface area contributed by atoms with Gasteiger partial charge in [-0.15, -0.1) is 0 Å². The van der Waals surface area contributed by atoms with Gasteiger partial charge in [-0.3, -0.25) is 0 Å². The zero-order valence-corrected chi connectivity index (χ0v) is 8.73. The maximum absolute atomic E-state index is 11.1. The molecule has 0 aromatic heterocycles. The Bertz CT molecular complexity index is 344. The van der Waals surface area contributed by atoms with Crippen LogP contribution < -0.4 is 0 Å². The third-order valence-corrected chi connectivity index (χ3v) is 2.26. The van der Waals surface area contributed by atoms with Crippen LogP contribution in [0.25, 0.3) is 0 Å². The van der Waals surface area contributed by atoms with Crippen LogP contribution in [-0.2, 0) is 15.1 Å². The van der Waals surface area contributed by atoms with Gasteiger partial charge in [0.25, 0.3) is 0 Å². The number of hydrogen-bond acceptors (Lipinski definition) is 3. The highest BCUT2D eigenvalue weighted by Gasteiger charge is 2.35. The van der Waals surface area contributed by atoms with Crippen molar-refractivity contribution in [2.24, 2.45) is 0 Å². The highest BCUT2D eigenvalue weighted by atomic mass is 16.5. The molecule has 4 heteroatoms. The highest BCUT2D eigenvalue weighted by molar-refractivity contribution is 5.79. The molecule has 15 heavy (non-hydrogen) atoms. The molecule has 1 rings (SSSR count). The molecule has 0 heterocycles. The van der Waals surface area contributed by atoms with Gasteiger partial charge in [0.15, 0.2) is 5.60 Å². The Morgan fingerprint density at radius 1 is 1.40 bits per heavy atom. The van der Waals surface area contributed by atoms with Crippen molar-refractivity contribution in [1.29, 1.82) is 0 Å². The number of aromatic hydroxyl groups is 1. The summed E-state index contributed by atoms with van der Waals surface area (Å²) in [6.45, 7) is 3.54. The Kier molecular flexibility index (Phi) is 3.31. The fourth-order valence-electron chi connectivity index (χ4n) is 1.34. The number of benzene rings is 1. The molecule has 0 unspecified atom stereocenters. The van der Waals surface area contributed by atoms with Gasteiger partial charge in [-0.2, -0.15) is 0 Å². The molecule has 2 N–H and O–H groups in total. The second kappa shape index (κ2) is 4.31. The topological polar surface area (TPSA) is 66.8 Å². The minimum Gasteiger partial charge on any atom is -0.508 e. The van der Waals surface area contributed by atoms with Crippen molar-refractivity contribution in [1.82, 2.24) is 0 Å². The van der Waals surface area contributed by atoms with Crippen LogP contribution in [-0.4, -0.2) is 22.8 Å². The van der Waals surface area contributed by atoms with Gasteiger partial charge in [-0.1, -0.05) is 12.1 Å². The molecular weight excluding hydrogens is 196 g/mol. The summed E-state index contributed by atoms with van der Waals surface area (Å²) in [5.74, 6) is -0.946. The Labute approximate surface area is 88.1 Å². The zero-order valence-electron chi connectivity index (χ0n) is 8.73. The Morgan fingerprint density at radius 3 is 2.33 bits per heavy atom. The molecule has 1 atom stereocenters. The minimum atomic E-state index is -1.36. The highest BCUT2D eigenvalue weighted by Crippen LogP contribution is 2.27. The quantitative estimate of drug-likeness (QED) is 0.794. The maximum Gasteiger partial charge on any atom is 0.340 e. The first kappa shape index (κ1) is 11.5. The lowest BCUT2D eigenvalue weighted by Gasteiger charge is -2.25. The number of carboxylic acids is 1. The summed E-state index contributed by atoms with van der Waals surface area (Å²) in [6.07, 6.45) is 0. The molecule has 0 saturated heterocycles. The van der Waals surface area contributed by atoms with Gasteiger partial charge in [-0.05, 0) is 31.5 Å².